The maximum absolute atomic E-state index is 13.1. The Morgan fingerprint density at radius 2 is 2.21 bits per heavy atom. The third-order valence-corrected chi connectivity index (χ3v) is 8.08. The van der Waals surface area contributed by atoms with E-state index in [1.807, 2.05) is 13.0 Å². The Hall–Kier alpha value is -1.62. The summed E-state index contributed by atoms with van der Waals surface area (Å²) in [6.07, 6.45) is 6.34. The number of fused-ring (bicyclic) bond motifs is 2. The Balaban J connectivity index is 1.34. The molecule has 0 radical (unpaired) electrons. The van der Waals surface area contributed by atoms with Gasteiger partial charge >= 0.3 is 0 Å². The Morgan fingerprint density at radius 1 is 1.38 bits per heavy atom. The standard InChI is InChI=1S/C24H37N3O2/c1-5-29-23-18(8-6-10-25-23)15-27-11-7-9-17(14-27)22(28)26-21-13-19-12-20(16(21)2)24(19,3)4/h6,8,10,16-17,19-21H,5,7,9,11-15H2,1-4H3,(H,26,28)/t16-,17?,19+,20-,21-/m1/s1. The predicted octanol–water partition coefficient (Wildman–Crippen LogP) is 3.88. The fraction of sp³-hybridized carbons (Fsp3) is 0.750. The summed E-state index contributed by atoms with van der Waals surface area (Å²) < 4.78 is 5.68. The molecule has 4 aliphatic rings. The summed E-state index contributed by atoms with van der Waals surface area (Å²) in [5, 5.41) is 3.45. The minimum atomic E-state index is 0.0921. The van der Waals surface area contributed by atoms with Gasteiger partial charge in [-0.1, -0.05) is 26.8 Å². The highest BCUT2D eigenvalue weighted by Crippen LogP contribution is 2.61. The maximum atomic E-state index is 13.1. The average Bonchev–Trinajstić information content (AvgIpc) is 2.71. The lowest BCUT2D eigenvalue weighted by Gasteiger charge is -2.62. The van der Waals surface area contributed by atoms with Crippen LogP contribution in [0, 0.1) is 29.1 Å². The fourth-order valence-electron chi connectivity index (χ4n) is 6.11. The van der Waals surface area contributed by atoms with E-state index in [2.05, 4.69) is 42.0 Å². The van der Waals surface area contributed by atoms with Crippen LogP contribution in [0.25, 0.3) is 0 Å². The predicted molar refractivity (Wildman–Crippen MR) is 114 cm³/mol. The van der Waals surface area contributed by atoms with Crippen LogP contribution in [-0.4, -0.2) is 41.5 Å². The van der Waals surface area contributed by atoms with Crippen LogP contribution in [0.1, 0.15) is 58.9 Å². The van der Waals surface area contributed by atoms with Crippen LogP contribution in [-0.2, 0) is 11.3 Å². The Morgan fingerprint density at radius 3 is 2.93 bits per heavy atom. The van der Waals surface area contributed by atoms with Gasteiger partial charge in [-0.3, -0.25) is 9.69 Å². The number of nitrogens with zero attached hydrogens (tertiary/aromatic N) is 2. The first-order valence-corrected chi connectivity index (χ1v) is 11.5. The lowest BCUT2D eigenvalue weighted by molar-refractivity contribution is -0.138. The number of carbonyl (C=O) groups is 1. The first-order chi connectivity index (χ1) is 13.9. The van der Waals surface area contributed by atoms with Crippen molar-refractivity contribution in [1.82, 2.24) is 15.2 Å². The van der Waals surface area contributed by atoms with Crippen molar-refractivity contribution in [3.05, 3.63) is 23.9 Å². The molecule has 1 saturated heterocycles. The van der Waals surface area contributed by atoms with Gasteiger partial charge in [0.15, 0.2) is 0 Å². The van der Waals surface area contributed by atoms with Gasteiger partial charge in [-0.05, 0) is 68.4 Å². The van der Waals surface area contributed by atoms with Crippen LogP contribution in [0.5, 0.6) is 5.88 Å². The van der Waals surface area contributed by atoms with Gasteiger partial charge in [-0.2, -0.15) is 0 Å². The van der Waals surface area contributed by atoms with E-state index < -0.39 is 0 Å². The molecule has 5 rings (SSSR count). The van der Waals surface area contributed by atoms with E-state index in [1.165, 1.54) is 6.42 Å². The topological polar surface area (TPSA) is 54.5 Å². The van der Waals surface area contributed by atoms with Crippen LogP contribution in [0.3, 0.4) is 0 Å². The number of rotatable bonds is 6. The van der Waals surface area contributed by atoms with Crippen LogP contribution in [0.2, 0.25) is 0 Å². The van der Waals surface area contributed by atoms with E-state index in [4.69, 9.17) is 4.74 Å². The quantitative estimate of drug-likeness (QED) is 0.789. The molecule has 4 fully saturated rings. The zero-order valence-corrected chi connectivity index (χ0v) is 18.5. The smallest absolute Gasteiger partial charge is 0.224 e. The molecule has 2 heterocycles. The molecule has 5 nitrogen and oxygen atoms in total. The number of carbonyl (C=O) groups excluding carboxylic acids is 1. The molecule has 160 valence electrons. The largest absolute Gasteiger partial charge is 0.478 e. The number of hydrogen-bond acceptors (Lipinski definition) is 4. The molecule has 1 aromatic heterocycles. The molecule has 1 unspecified atom stereocenters. The molecule has 0 spiro atoms. The van der Waals surface area contributed by atoms with Gasteiger partial charge in [0.1, 0.15) is 0 Å². The monoisotopic (exact) mass is 399 g/mol. The van der Waals surface area contributed by atoms with Crippen LogP contribution >= 0.6 is 0 Å². The van der Waals surface area contributed by atoms with Gasteiger partial charge < -0.3 is 10.1 Å². The third-order valence-electron chi connectivity index (χ3n) is 8.08. The average molecular weight is 400 g/mol. The summed E-state index contributed by atoms with van der Waals surface area (Å²) in [5.74, 6) is 3.20. The minimum absolute atomic E-state index is 0.0921. The highest BCUT2D eigenvalue weighted by molar-refractivity contribution is 5.79. The van der Waals surface area contributed by atoms with Crippen molar-refractivity contribution in [2.24, 2.45) is 29.1 Å². The van der Waals surface area contributed by atoms with Crippen molar-refractivity contribution < 1.29 is 9.53 Å². The first kappa shape index (κ1) is 20.6. The molecular formula is C24H37N3O2. The SMILES string of the molecule is CCOc1ncccc1CN1CCCC(C(=O)N[C@@H]2C[C@@H]3C[C@H]([C@H]2C)C3(C)C)C1. The zero-order chi connectivity index (χ0) is 20.6. The van der Waals surface area contributed by atoms with Gasteiger partial charge in [-0.15, -0.1) is 0 Å². The van der Waals surface area contributed by atoms with Gasteiger partial charge in [0.05, 0.1) is 12.5 Å². The number of likely N-dealkylation sites (tertiary alicyclic amines) is 1. The number of aromatic nitrogens is 1. The molecule has 0 aromatic carbocycles. The van der Waals surface area contributed by atoms with Gasteiger partial charge in [0.25, 0.3) is 0 Å². The number of ether oxygens (including phenoxy) is 1. The summed E-state index contributed by atoms with van der Waals surface area (Å²) in [5.41, 5.74) is 1.57. The van der Waals surface area contributed by atoms with Crippen LogP contribution in [0.4, 0.5) is 0 Å². The first-order valence-electron chi connectivity index (χ1n) is 11.5. The van der Waals surface area contributed by atoms with Crippen molar-refractivity contribution in [2.75, 3.05) is 19.7 Å². The van der Waals surface area contributed by atoms with E-state index in [0.717, 1.165) is 62.2 Å². The number of piperidine rings is 1. The van der Waals surface area contributed by atoms with Crippen molar-refractivity contribution >= 4 is 5.91 Å². The second kappa shape index (κ2) is 8.25. The fourth-order valence-corrected chi connectivity index (χ4v) is 6.11. The normalized spacial score (nSPS) is 33.6. The summed E-state index contributed by atoms with van der Waals surface area (Å²) in [4.78, 5) is 19.8. The molecule has 1 amide bonds. The molecule has 2 bridgehead atoms. The van der Waals surface area contributed by atoms with E-state index in [1.54, 1.807) is 6.20 Å². The summed E-state index contributed by atoms with van der Waals surface area (Å²) in [7, 11) is 0. The van der Waals surface area contributed by atoms with Gasteiger partial charge in [0, 0.05) is 30.9 Å². The lowest BCUT2D eigenvalue weighted by Crippen LogP contribution is -2.61. The van der Waals surface area contributed by atoms with Crippen molar-refractivity contribution in [1.29, 1.82) is 0 Å². The number of pyridine rings is 1. The molecule has 1 N–H and O–H groups in total. The Bertz CT molecular complexity index is 735. The third kappa shape index (κ3) is 4.03. The molecule has 1 aliphatic heterocycles. The van der Waals surface area contributed by atoms with Crippen LogP contribution < -0.4 is 10.1 Å². The maximum Gasteiger partial charge on any atom is 0.224 e. The number of hydrogen-bond donors (Lipinski definition) is 1. The van der Waals surface area contributed by atoms with Crippen LogP contribution in [0.15, 0.2) is 18.3 Å². The summed E-state index contributed by atoms with van der Waals surface area (Å²) in [6, 6.07) is 4.40. The number of nitrogens with one attached hydrogen (secondary N) is 1. The highest BCUT2D eigenvalue weighted by atomic mass is 16.5. The Kier molecular flexibility index (Phi) is 5.87. The molecular weight excluding hydrogens is 362 g/mol. The molecule has 5 atom stereocenters. The van der Waals surface area contributed by atoms with Gasteiger partial charge in [-0.25, -0.2) is 4.98 Å². The highest BCUT2D eigenvalue weighted by Gasteiger charge is 2.56. The summed E-state index contributed by atoms with van der Waals surface area (Å²) in [6.45, 7) is 12.4. The van der Waals surface area contributed by atoms with Crippen molar-refractivity contribution in [2.45, 2.75) is 66.0 Å². The van der Waals surface area contributed by atoms with Gasteiger partial charge in [0.2, 0.25) is 11.8 Å². The summed E-state index contributed by atoms with van der Waals surface area (Å²) >= 11 is 0. The lowest BCUT2D eigenvalue weighted by atomic mass is 9.45. The second-order valence-electron chi connectivity index (χ2n) is 10.0. The molecule has 5 heteroatoms. The van der Waals surface area contributed by atoms with E-state index in [-0.39, 0.29) is 11.8 Å². The van der Waals surface area contributed by atoms with Crippen molar-refractivity contribution in [3.63, 3.8) is 0 Å². The molecule has 29 heavy (non-hydrogen) atoms. The van der Waals surface area contributed by atoms with E-state index in [0.29, 0.717) is 24.0 Å². The zero-order valence-electron chi connectivity index (χ0n) is 18.5. The molecule has 1 aromatic rings. The molecule has 3 aliphatic carbocycles. The Labute approximate surface area is 175 Å². The second-order valence-corrected chi connectivity index (χ2v) is 10.0. The van der Waals surface area contributed by atoms with E-state index in [9.17, 15) is 4.79 Å². The molecule has 3 saturated carbocycles. The number of amides is 1. The van der Waals surface area contributed by atoms with E-state index >= 15 is 0 Å². The van der Waals surface area contributed by atoms with Crippen molar-refractivity contribution in [3.8, 4) is 5.88 Å². The minimum Gasteiger partial charge on any atom is -0.478 e.